The SMILES string of the molecule is C=C(C)c1cccc(C(C)(C)NC(=O)OCC[N+]2(C)CCCC2)c1.O=S(=O)([N-]S(=O)(=O)C(F)(F)F)C(F)(F)F. The lowest BCUT2D eigenvalue weighted by atomic mass is 9.92. The summed E-state index contributed by atoms with van der Waals surface area (Å²) < 4.78 is 116. The second kappa shape index (κ2) is 12.4. The fourth-order valence-corrected chi connectivity index (χ4v) is 5.14. The number of rotatable bonds is 8. The van der Waals surface area contributed by atoms with Gasteiger partial charge in [-0.05, 0) is 38.0 Å². The second-order valence-electron chi connectivity index (χ2n) is 9.66. The average molecular weight is 612 g/mol. The molecule has 0 atom stereocenters. The number of likely N-dealkylation sites (N-methyl/N-ethyl adjacent to an activating group) is 1. The van der Waals surface area contributed by atoms with E-state index in [4.69, 9.17) is 4.74 Å². The van der Waals surface area contributed by atoms with E-state index in [1.807, 2.05) is 39.0 Å². The summed E-state index contributed by atoms with van der Waals surface area (Å²) in [6.07, 6.45) is 2.19. The second-order valence-corrected chi connectivity index (χ2v) is 13.1. The molecule has 1 aromatic rings. The number of benzene rings is 1. The predicted molar refractivity (Wildman–Crippen MR) is 132 cm³/mol. The van der Waals surface area contributed by atoms with Crippen molar-refractivity contribution in [3.63, 3.8) is 0 Å². The standard InChI is InChI=1S/C20H30N2O2.C2F6NO4S2/c1-16(2)17-9-8-10-18(15-17)20(3,4)21-19(23)24-14-13-22(5)11-6-7-12-22;3-1(4,5)14(10,11)9-15(12,13)2(6,7)8/h8-10,15H,1,6-7,11-14H2,2-5H3;/q;-1/p+1. The van der Waals surface area contributed by atoms with E-state index in [1.165, 1.54) is 25.9 Å². The van der Waals surface area contributed by atoms with Crippen LogP contribution in [0.5, 0.6) is 0 Å². The zero-order valence-electron chi connectivity index (χ0n) is 21.7. The maximum atomic E-state index is 12.2. The number of hydrogen-bond acceptors (Lipinski definition) is 6. The van der Waals surface area contributed by atoms with Crippen molar-refractivity contribution in [1.29, 1.82) is 0 Å². The highest BCUT2D eigenvalue weighted by Crippen LogP contribution is 2.36. The molecule has 0 radical (unpaired) electrons. The van der Waals surface area contributed by atoms with Crippen LogP contribution in [0.2, 0.25) is 0 Å². The van der Waals surface area contributed by atoms with Crippen LogP contribution in [0.15, 0.2) is 30.8 Å². The molecule has 0 bridgehead atoms. The Morgan fingerprint density at radius 1 is 1.03 bits per heavy atom. The number of likely N-dealkylation sites (tertiary alicyclic amines) is 1. The summed E-state index contributed by atoms with van der Waals surface area (Å²) in [5, 5.41) is 2.98. The summed E-state index contributed by atoms with van der Waals surface area (Å²) in [6.45, 7) is 13.7. The molecule has 9 nitrogen and oxygen atoms in total. The smallest absolute Gasteiger partial charge is 0.444 e. The molecule has 1 aliphatic heterocycles. The molecule has 1 saturated heterocycles. The van der Waals surface area contributed by atoms with Gasteiger partial charge < -0.3 is 18.7 Å². The van der Waals surface area contributed by atoms with Crippen LogP contribution in [0.25, 0.3) is 9.70 Å². The summed E-state index contributed by atoms with van der Waals surface area (Å²) in [6, 6.07) is 8.11. The third kappa shape index (κ3) is 10.3. The van der Waals surface area contributed by atoms with Crippen molar-refractivity contribution in [2.75, 3.05) is 33.3 Å². The van der Waals surface area contributed by atoms with Gasteiger partial charge in [-0.1, -0.05) is 30.4 Å². The number of hydrogen-bond donors (Lipinski definition) is 1. The monoisotopic (exact) mass is 611 g/mol. The van der Waals surface area contributed by atoms with Crippen molar-refractivity contribution in [3.8, 4) is 0 Å². The molecule has 0 unspecified atom stereocenters. The van der Waals surface area contributed by atoms with Crippen LogP contribution in [0.3, 0.4) is 0 Å². The van der Waals surface area contributed by atoms with E-state index in [-0.39, 0.29) is 6.09 Å². The van der Waals surface area contributed by atoms with E-state index in [9.17, 15) is 48.0 Å². The highest BCUT2D eigenvalue weighted by molar-refractivity contribution is 8.13. The highest BCUT2D eigenvalue weighted by Gasteiger charge is 2.47. The van der Waals surface area contributed by atoms with Crippen LogP contribution in [0.4, 0.5) is 31.1 Å². The Morgan fingerprint density at radius 3 is 1.95 bits per heavy atom. The fourth-order valence-electron chi connectivity index (χ4n) is 3.43. The number of halogens is 6. The number of carbonyl (C=O) groups is 1. The third-order valence-electron chi connectivity index (χ3n) is 5.78. The van der Waals surface area contributed by atoms with E-state index in [0.717, 1.165) is 31.9 Å². The quantitative estimate of drug-likeness (QED) is 0.327. The van der Waals surface area contributed by atoms with Crippen LogP contribution < -0.4 is 5.32 Å². The summed E-state index contributed by atoms with van der Waals surface area (Å²) in [4.78, 5) is 12.2. The molecule has 0 aromatic heterocycles. The maximum Gasteiger partial charge on any atom is 0.480 e. The molecule has 39 heavy (non-hydrogen) atoms. The Kier molecular flexibility index (Phi) is 11.0. The Labute approximate surface area is 223 Å². The minimum atomic E-state index is -6.72. The molecule has 1 amide bonds. The molecule has 1 aliphatic rings. The van der Waals surface area contributed by atoms with E-state index >= 15 is 0 Å². The Balaban J connectivity index is 0.000000439. The lowest BCUT2D eigenvalue weighted by Crippen LogP contribution is -2.45. The largest absolute Gasteiger partial charge is 0.480 e. The summed E-state index contributed by atoms with van der Waals surface area (Å²) >= 11 is 0. The van der Waals surface area contributed by atoms with Gasteiger partial charge >= 0.3 is 17.1 Å². The first-order valence-corrected chi connectivity index (χ1v) is 14.2. The molecule has 1 heterocycles. The number of carbonyl (C=O) groups excluding carboxylic acids is 1. The van der Waals surface area contributed by atoms with Gasteiger partial charge in [-0.2, -0.15) is 26.3 Å². The minimum absolute atomic E-state index is 0.355. The average Bonchev–Trinajstić information content (AvgIpc) is 3.18. The van der Waals surface area contributed by atoms with Crippen molar-refractivity contribution < 1.29 is 57.2 Å². The number of alkyl carbamates (subject to hydrolysis) is 1. The number of sulfonamides is 2. The predicted octanol–water partition coefficient (Wildman–Crippen LogP) is 4.98. The van der Waals surface area contributed by atoms with Gasteiger partial charge in [0.05, 0.1) is 25.7 Å². The molecule has 0 aliphatic carbocycles. The van der Waals surface area contributed by atoms with E-state index < -0.39 is 36.6 Å². The number of quaternary nitrogens is 1. The van der Waals surface area contributed by atoms with E-state index in [0.29, 0.717) is 6.61 Å². The zero-order chi connectivity index (χ0) is 30.5. The third-order valence-corrected chi connectivity index (χ3v) is 8.52. The zero-order valence-corrected chi connectivity index (χ0v) is 23.3. The molecule has 0 spiro atoms. The van der Waals surface area contributed by atoms with Crippen molar-refractivity contribution >= 4 is 31.7 Å². The van der Waals surface area contributed by atoms with E-state index in [2.05, 4.69) is 25.0 Å². The molecule has 1 aromatic carbocycles. The maximum absolute atomic E-state index is 12.2. The number of alkyl halides is 6. The summed E-state index contributed by atoms with van der Waals surface area (Å²) in [5.41, 5.74) is -9.76. The Hall–Kier alpha value is -2.37. The van der Waals surface area contributed by atoms with Crippen molar-refractivity contribution in [2.24, 2.45) is 0 Å². The molecule has 224 valence electrons. The van der Waals surface area contributed by atoms with Gasteiger partial charge in [0.1, 0.15) is 13.2 Å². The van der Waals surface area contributed by atoms with Crippen LogP contribution >= 0.6 is 0 Å². The summed E-state index contributed by atoms with van der Waals surface area (Å²) in [5.74, 6) is 0. The molecule has 0 saturated carbocycles. The highest BCUT2D eigenvalue weighted by atomic mass is 32.3. The van der Waals surface area contributed by atoms with Gasteiger partial charge in [0, 0.05) is 12.8 Å². The van der Waals surface area contributed by atoms with Gasteiger partial charge in [-0.15, -0.1) is 0 Å². The number of nitrogens with zero attached hydrogens (tertiary/aromatic N) is 2. The van der Waals surface area contributed by atoms with Crippen LogP contribution in [-0.4, -0.2) is 71.7 Å². The van der Waals surface area contributed by atoms with Gasteiger partial charge in [0.2, 0.25) is 0 Å². The van der Waals surface area contributed by atoms with Gasteiger partial charge in [0.25, 0.3) is 0 Å². The lowest BCUT2D eigenvalue weighted by Gasteiger charge is -2.30. The first-order valence-electron chi connectivity index (χ1n) is 11.3. The number of amides is 1. The topological polar surface area (TPSA) is 121 Å². The number of allylic oxidation sites excluding steroid dienone is 1. The molecule has 2 rings (SSSR count). The minimum Gasteiger partial charge on any atom is -0.444 e. The van der Waals surface area contributed by atoms with E-state index in [1.54, 1.807) is 0 Å². The van der Waals surface area contributed by atoms with Gasteiger partial charge in [-0.25, -0.2) is 21.6 Å². The van der Waals surface area contributed by atoms with Gasteiger partial charge in [-0.3, -0.25) is 0 Å². The molecular weight excluding hydrogens is 580 g/mol. The van der Waals surface area contributed by atoms with Crippen molar-refractivity contribution in [1.82, 2.24) is 5.32 Å². The fraction of sp³-hybridized carbons (Fsp3) is 0.591. The normalized spacial score (nSPS) is 16.2. The summed E-state index contributed by atoms with van der Waals surface area (Å²) in [7, 11) is -11.2. The number of ether oxygens (including phenoxy) is 1. The Morgan fingerprint density at radius 2 is 1.51 bits per heavy atom. The lowest BCUT2D eigenvalue weighted by molar-refractivity contribution is -0.897. The first-order chi connectivity index (χ1) is 17.4. The molecule has 1 N–H and O–H groups in total. The first kappa shape index (κ1) is 34.7. The van der Waals surface area contributed by atoms with Crippen molar-refractivity contribution in [3.05, 3.63) is 46.1 Å². The number of nitrogens with one attached hydrogen (secondary N) is 1. The molecule has 17 heteroatoms. The van der Waals surface area contributed by atoms with Crippen LogP contribution in [0.1, 0.15) is 44.7 Å². The van der Waals surface area contributed by atoms with Gasteiger partial charge in [0.15, 0.2) is 20.0 Å². The van der Waals surface area contributed by atoms with Crippen LogP contribution in [0, 0.1) is 0 Å². The van der Waals surface area contributed by atoms with Crippen molar-refractivity contribution in [2.45, 2.75) is 50.2 Å². The van der Waals surface area contributed by atoms with Crippen LogP contribution in [-0.2, 0) is 30.3 Å². The molecule has 1 fully saturated rings. The Bertz CT molecular complexity index is 1200. The molecular formula is C22H31F6N3O6S2.